The zero-order chi connectivity index (χ0) is 11.5. The highest BCUT2D eigenvalue weighted by atomic mass is 16.3. The number of aliphatic hydroxyl groups excluding tert-OH is 1. The van der Waals surface area contributed by atoms with E-state index in [9.17, 15) is 4.79 Å². The standard InChI is InChI=1S/C11H15N3O2/c1-12-11(16)10-6-7(2-3-13-10)14-8-4-9(15)5-8/h2-3,6,8-9,15H,4-5H2,1H3,(H,12,16)(H,13,14). The Morgan fingerprint density at radius 1 is 1.56 bits per heavy atom. The minimum atomic E-state index is -0.197. The summed E-state index contributed by atoms with van der Waals surface area (Å²) in [5.41, 5.74) is 1.26. The summed E-state index contributed by atoms with van der Waals surface area (Å²) in [6, 6.07) is 3.83. The van der Waals surface area contributed by atoms with Crippen LogP contribution in [-0.2, 0) is 0 Å². The van der Waals surface area contributed by atoms with Gasteiger partial charge in [0.2, 0.25) is 0 Å². The third kappa shape index (κ3) is 2.30. The zero-order valence-electron chi connectivity index (χ0n) is 9.10. The molecule has 86 valence electrons. The van der Waals surface area contributed by atoms with Crippen LogP contribution >= 0.6 is 0 Å². The van der Waals surface area contributed by atoms with Crippen LogP contribution in [0.3, 0.4) is 0 Å². The SMILES string of the molecule is CNC(=O)c1cc(NC2CC(O)C2)ccn1. The third-order valence-corrected chi connectivity index (χ3v) is 2.70. The summed E-state index contributed by atoms with van der Waals surface area (Å²) in [4.78, 5) is 15.3. The Hall–Kier alpha value is -1.62. The summed E-state index contributed by atoms with van der Waals surface area (Å²) in [5.74, 6) is -0.197. The highest BCUT2D eigenvalue weighted by Crippen LogP contribution is 2.23. The monoisotopic (exact) mass is 221 g/mol. The molecule has 1 aromatic rings. The molecule has 2 rings (SSSR count). The highest BCUT2D eigenvalue weighted by molar-refractivity contribution is 5.92. The van der Waals surface area contributed by atoms with Gasteiger partial charge in [0.05, 0.1) is 6.10 Å². The van der Waals surface area contributed by atoms with Crippen molar-refractivity contribution < 1.29 is 9.90 Å². The Bertz CT molecular complexity index is 389. The quantitative estimate of drug-likeness (QED) is 0.689. The van der Waals surface area contributed by atoms with Gasteiger partial charge < -0.3 is 15.7 Å². The third-order valence-electron chi connectivity index (χ3n) is 2.70. The molecule has 16 heavy (non-hydrogen) atoms. The molecule has 1 amide bonds. The number of rotatable bonds is 3. The lowest BCUT2D eigenvalue weighted by atomic mass is 9.89. The van der Waals surface area contributed by atoms with Gasteiger partial charge in [0.15, 0.2) is 0 Å². The second kappa shape index (κ2) is 4.49. The van der Waals surface area contributed by atoms with Crippen molar-refractivity contribution in [2.75, 3.05) is 12.4 Å². The number of aliphatic hydroxyl groups is 1. The smallest absolute Gasteiger partial charge is 0.269 e. The van der Waals surface area contributed by atoms with Gasteiger partial charge in [-0.3, -0.25) is 9.78 Å². The van der Waals surface area contributed by atoms with Crippen molar-refractivity contribution in [2.24, 2.45) is 0 Å². The number of nitrogens with one attached hydrogen (secondary N) is 2. The molecule has 0 saturated heterocycles. The first-order valence-corrected chi connectivity index (χ1v) is 5.32. The van der Waals surface area contributed by atoms with Crippen LogP contribution in [0.4, 0.5) is 5.69 Å². The van der Waals surface area contributed by atoms with E-state index in [1.807, 2.05) is 6.07 Å². The van der Waals surface area contributed by atoms with Gasteiger partial charge in [0.25, 0.3) is 5.91 Å². The van der Waals surface area contributed by atoms with E-state index in [-0.39, 0.29) is 12.0 Å². The predicted octanol–water partition coefficient (Wildman–Crippen LogP) is 0.376. The van der Waals surface area contributed by atoms with Gasteiger partial charge in [-0.25, -0.2) is 0 Å². The number of anilines is 1. The number of hydrogen-bond donors (Lipinski definition) is 3. The van der Waals surface area contributed by atoms with E-state index >= 15 is 0 Å². The van der Waals surface area contributed by atoms with Gasteiger partial charge >= 0.3 is 0 Å². The van der Waals surface area contributed by atoms with Crippen LogP contribution in [0.15, 0.2) is 18.3 Å². The number of amides is 1. The molecule has 0 radical (unpaired) electrons. The number of nitrogens with zero attached hydrogens (tertiary/aromatic N) is 1. The number of carbonyl (C=O) groups is 1. The summed E-state index contributed by atoms with van der Waals surface area (Å²) in [7, 11) is 1.58. The normalized spacial score (nSPS) is 23.4. The molecule has 1 aromatic heterocycles. The topological polar surface area (TPSA) is 74.2 Å². The second-order valence-electron chi connectivity index (χ2n) is 3.98. The first-order valence-electron chi connectivity index (χ1n) is 5.32. The summed E-state index contributed by atoms with van der Waals surface area (Å²) in [6.45, 7) is 0. The van der Waals surface area contributed by atoms with Crippen molar-refractivity contribution in [3.63, 3.8) is 0 Å². The van der Waals surface area contributed by atoms with Gasteiger partial charge in [0, 0.05) is 25.0 Å². The molecule has 0 aromatic carbocycles. The molecule has 0 spiro atoms. The molecular weight excluding hydrogens is 206 g/mol. The van der Waals surface area contributed by atoms with Crippen molar-refractivity contribution in [3.05, 3.63) is 24.0 Å². The molecule has 3 N–H and O–H groups in total. The van der Waals surface area contributed by atoms with Crippen molar-refractivity contribution >= 4 is 11.6 Å². The van der Waals surface area contributed by atoms with Gasteiger partial charge in [-0.05, 0) is 25.0 Å². The van der Waals surface area contributed by atoms with Crippen molar-refractivity contribution in [2.45, 2.75) is 25.0 Å². The van der Waals surface area contributed by atoms with E-state index in [4.69, 9.17) is 5.11 Å². The Kier molecular flexibility index (Phi) is 3.05. The maximum absolute atomic E-state index is 11.3. The fourth-order valence-electron chi connectivity index (χ4n) is 1.71. The minimum Gasteiger partial charge on any atom is -0.393 e. The number of hydrogen-bond acceptors (Lipinski definition) is 4. The van der Waals surface area contributed by atoms with Crippen molar-refractivity contribution in [1.82, 2.24) is 10.3 Å². The average Bonchev–Trinajstić information content (AvgIpc) is 2.26. The maximum atomic E-state index is 11.3. The average molecular weight is 221 g/mol. The fourth-order valence-corrected chi connectivity index (χ4v) is 1.71. The van der Waals surface area contributed by atoms with Crippen LogP contribution < -0.4 is 10.6 Å². The molecule has 0 unspecified atom stereocenters. The number of aromatic nitrogens is 1. The van der Waals surface area contributed by atoms with E-state index in [1.54, 1.807) is 19.3 Å². The number of carbonyl (C=O) groups excluding carboxylic acids is 1. The van der Waals surface area contributed by atoms with E-state index < -0.39 is 0 Å². The Labute approximate surface area is 93.9 Å². The van der Waals surface area contributed by atoms with Crippen LogP contribution in [0.5, 0.6) is 0 Å². The minimum absolute atomic E-state index is 0.183. The lowest BCUT2D eigenvalue weighted by Crippen LogP contribution is -2.39. The van der Waals surface area contributed by atoms with Crippen LogP contribution in [0.2, 0.25) is 0 Å². The maximum Gasteiger partial charge on any atom is 0.269 e. The highest BCUT2D eigenvalue weighted by Gasteiger charge is 2.26. The molecular formula is C11H15N3O2. The van der Waals surface area contributed by atoms with Gasteiger partial charge in [0.1, 0.15) is 5.69 Å². The Morgan fingerprint density at radius 2 is 2.31 bits per heavy atom. The van der Waals surface area contributed by atoms with Crippen molar-refractivity contribution in [3.8, 4) is 0 Å². The van der Waals surface area contributed by atoms with Crippen molar-refractivity contribution in [1.29, 1.82) is 0 Å². The Morgan fingerprint density at radius 3 is 2.94 bits per heavy atom. The van der Waals surface area contributed by atoms with E-state index in [2.05, 4.69) is 15.6 Å². The van der Waals surface area contributed by atoms with E-state index in [0.717, 1.165) is 18.5 Å². The lowest BCUT2D eigenvalue weighted by molar-refractivity contribution is 0.0836. The molecule has 1 fully saturated rings. The molecule has 0 bridgehead atoms. The molecule has 1 aliphatic carbocycles. The lowest BCUT2D eigenvalue weighted by Gasteiger charge is -2.32. The van der Waals surface area contributed by atoms with Crippen LogP contribution in [0.1, 0.15) is 23.3 Å². The van der Waals surface area contributed by atoms with Crippen LogP contribution in [0, 0.1) is 0 Å². The van der Waals surface area contributed by atoms with E-state index in [1.165, 1.54) is 0 Å². The summed E-state index contributed by atoms with van der Waals surface area (Å²) >= 11 is 0. The molecule has 0 aliphatic heterocycles. The molecule has 1 aliphatic rings. The molecule has 1 saturated carbocycles. The second-order valence-corrected chi connectivity index (χ2v) is 3.98. The molecule has 1 heterocycles. The molecule has 5 nitrogen and oxygen atoms in total. The van der Waals surface area contributed by atoms with Gasteiger partial charge in [-0.15, -0.1) is 0 Å². The van der Waals surface area contributed by atoms with Crippen LogP contribution in [-0.4, -0.2) is 35.2 Å². The Balaban J connectivity index is 2.02. The van der Waals surface area contributed by atoms with Gasteiger partial charge in [-0.1, -0.05) is 0 Å². The molecule has 5 heteroatoms. The summed E-state index contributed by atoms with van der Waals surface area (Å²) < 4.78 is 0. The zero-order valence-corrected chi connectivity index (χ0v) is 9.10. The first-order chi connectivity index (χ1) is 7.69. The predicted molar refractivity (Wildman–Crippen MR) is 60.3 cm³/mol. The molecule has 0 atom stereocenters. The summed E-state index contributed by atoms with van der Waals surface area (Å²) in [5, 5.41) is 14.9. The largest absolute Gasteiger partial charge is 0.393 e. The van der Waals surface area contributed by atoms with E-state index in [0.29, 0.717) is 11.7 Å². The summed E-state index contributed by atoms with van der Waals surface area (Å²) in [6.07, 6.45) is 2.94. The van der Waals surface area contributed by atoms with Gasteiger partial charge in [-0.2, -0.15) is 0 Å². The first kappa shape index (κ1) is 10.9. The number of pyridine rings is 1. The van der Waals surface area contributed by atoms with Crippen LogP contribution in [0.25, 0.3) is 0 Å². The fraction of sp³-hybridized carbons (Fsp3) is 0.455.